The van der Waals surface area contributed by atoms with Gasteiger partial charge in [0, 0.05) is 5.02 Å². The second kappa shape index (κ2) is 5.14. The summed E-state index contributed by atoms with van der Waals surface area (Å²) in [7, 11) is -3.51. The van der Waals surface area contributed by atoms with Crippen molar-refractivity contribution in [1.29, 1.82) is 0 Å². The topological polar surface area (TPSA) is 74.9 Å². The van der Waals surface area contributed by atoms with Crippen LogP contribution in [-0.2, 0) is 9.84 Å². The van der Waals surface area contributed by atoms with Crippen molar-refractivity contribution in [3.05, 3.63) is 53.4 Å². The number of rotatable bonds is 4. The van der Waals surface area contributed by atoms with Crippen LogP contribution in [0.5, 0.6) is 0 Å². The van der Waals surface area contributed by atoms with Gasteiger partial charge in [0.2, 0.25) is 0 Å². The van der Waals surface area contributed by atoms with Crippen LogP contribution < -0.4 is 5.73 Å². The van der Waals surface area contributed by atoms with Crippen LogP contribution in [0.2, 0.25) is 5.02 Å². The number of hydrogen-bond acceptors (Lipinski definition) is 3. The Morgan fingerprint density at radius 3 is 2.39 bits per heavy atom. The number of sulfone groups is 1. The van der Waals surface area contributed by atoms with Crippen molar-refractivity contribution >= 4 is 21.4 Å². The summed E-state index contributed by atoms with van der Waals surface area (Å²) in [5.41, 5.74) is 3.69. The predicted molar refractivity (Wildman–Crippen MR) is 67.8 cm³/mol. The summed E-state index contributed by atoms with van der Waals surface area (Å²) in [5, 5.41) is -0.271. The van der Waals surface area contributed by atoms with Gasteiger partial charge in [-0.1, -0.05) is 11.6 Å². The Morgan fingerprint density at radius 2 is 1.89 bits per heavy atom. The van der Waals surface area contributed by atoms with E-state index in [1.165, 1.54) is 18.4 Å². The van der Waals surface area contributed by atoms with Gasteiger partial charge in [-0.05, 0) is 36.4 Å². The first-order valence-electron chi connectivity index (χ1n) is 5.38. The second-order valence-electron chi connectivity index (χ2n) is 3.79. The molecule has 1 heterocycles. The number of halogens is 1. The van der Waals surface area contributed by atoms with Gasteiger partial charge in [0.15, 0.2) is 15.1 Å². The van der Waals surface area contributed by atoms with Crippen molar-refractivity contribution in [2.24, 2.45) is 0 Å². The molecule has 96 valence electrons. The predicted octanol–water partition coefficient (Wildman–Crippen LogP) is 1.69. The summed E-state index contributed by atoms with van der Waals surface area (Å²) in [6.07, 6.45) is 1.45. The van der Waals surface area contributed by atoms with E-state index in [9.17, 15) is 8.42 Å². The summed E-state index contributed by atoms with van der Waals surface area (Å²) in [6.45, 7) is 0.207. The zero-order valence-corrected chi connectivity index (χ0v) is 11.1. The molecular formula is C12H13ClNO3S+. The lowest BCUT2D eigenvalue weighted by Gasteiger charge is -2.11. The molecule has 6 heteroatoms. The fourth-order valence-electron chi connectivity index (χ4n) is 1.71. The second-order valence-corrected chi connectivity index (χ2v) is 6.36. The number of quaternary nitrogens is 1. The lowest BCUT2D eigenvalue weighted by atomic mass is 10.3. The van der Waals surface area contributed by atoms with Gasteiger partial charge in [-0.2, -0.15) is 0 Å². The minimum atomic E-state index is -3.51. The van der Waals surface area contributed by atoms with Crippen molar-refractivity contribution < 1.29 is 18.6 Å². The van der Waals surface area contributed by atoms with Crippen LogP contribution >= 0.6 is 11.6 Å². The molecule has 2 rings (SSSR count). The Kier molecular flexibility index (Phi) is 3.75. The first-order valence-corrected chi connectivity index (χ1v) is 7.30. The zero-order valence-electron chi connectivity index (χ0n) is 9.54. The minimum Gasteiger partial charge on any atom is -0.468 e. The summed E-state index contributed by atoms with van der Waals surface area (Å²) >= 11 is 5.75. The van der Waals surface area contributed by atoms with Crippen molar-refractivity contribution in [2.75, 3.05) is 6.54 Å². The number of furan rings is 1. The quantitative estimate of drug-likeness (QED) is 0.929. The van der Waals surface area contributed by atoms with Gasteiger partial charge < -0.3 is 10.2 Å². The molecule has 3 N–H and O–H groups in total. The molecule has 0 radical (unpaired) electrons. The molecule has 0 saturated carbocycles. The van der Waals surface area contributed by atoms with E-state index >= 15 is 0 Å². The highest BCUT2D eigenvalue weighted by atomic mass is 35.5. The van der Waals surface area contributed by atoms with Crippen LogP contribution in [-0.4, -0.2) is 15.0 Å². The fraction of sp³-hybridized carbons (Fsp3) is 0.167. The molecule has 1 aromatic heterocycles. The van der Waals surface area contributed by atoms with E-state index in [4.69, 9.17) is 16.0 Å². The van der Waals surface area contributed by atoms with Gasteiger partial charge in [-0.25, -0.2) is 8.42 Å². The summed E-state index contributed by atoms with van der Waals surface area (Å²) < 4.78 is 30.0. The van der Waals surface area contributed by atoms with Gasteiger partial charge in [-0.15, -0.1) is 0 Å². The average molecular weight is 287 g/mol. The summed E-state index contributed by atoms with van der Waals surface area (Å²) in [5.74, 6) is 0.403. The van der Waals surface area contributed by atoms with Crippen LogP contribution in [0.4, 0.5) is 0 Å². The molecule has 0 aliphatic rings. The molecule has 2 aromatic rings. The van der Waals surface area contributed by atoms with Gasteiger partial charge in [-0.3, -0.25) is 0 Å². The molecule has 0 fully saturated rings. The van der Waals surface area contributed by atoms with Crippen LogP contribution in [0, 0.1) is 0 Å². The normalized spacial score (nSPS) is 13.4. The summed E-state index contributed by atoms with van der Waals surface area (Å²) in [4.78, 5) is 0.219. The van der Waals surface area contributed by atoms with E-state index in [0.29, 0.717) is 10.8 Å². The maximum Gasteiger partial charge on any atom is 0.194 e. The number of hydrogen-bond donors (Lipinski definition) is 1. The Bertz CT molecular complexity index is 605. The van der Waals surface area contributed by atoms with E-state index in [0.717, 1.165) is 0 Å². The first-order chi connectivity index (χ1) is 8.55. The van der Waals surface area contributed by atoms with Crippen LogP contribution in [0.25, 0.3) is 0 Å². The van der Waals surface area contributed by atoms with E-state index in [2.05, 4.69) is 5.73 Å². The molecular weight excluding hydrogens is 274 g/mol. The van der Waals surface area contributed by atoms with E-state index < -0.39 is 15.1 Å². The van der Waals surface area contributed by atoms with E-state index in [1.807, 2.05) is 0 Å². The van der Waals surface area contributed by atoms with Gasteiger partial charge in [0.25, 0.3) is 0 Å². The SMILES string of the molecule is [NH3+]C[C@@H](c1ccco1)S(=O)(=O)c1ccc(Cl)cc1. The van der Waals surface area contributed by atoms with Crippen molar-refractivity contribution in [2.45, 2.75) is 10.1 Å². The molecule has 1 aromatic carbocycles. The van der Waals surface area contributed by atoms with Crippen molar-refractivity contribution in [3.8, 4) is 0 Å². The van der Waals surface area contributed by atoms with Gasteiger partial charge in [0.05, 0.1) is 17.7 Å². The lowest BCUT2D eigenvalue weighted by Crippen LogP contribution is -2.54. The molecule has 0 bridgehead atoms. The largest absolute Gasteiger partial charge is 0.468 e. The van der Waals surface area contributed by atoms with E-state index in [1.54, 1.807) is 24.3 Å². The first kappa shape index (κ1) is 13.1. The third-order valence-corrected chi connectivity index (χ3v) is 5.04. The average Bonchev–Trinajstić information content (AvgIpc) is 2.84. The fourth-order valence-corrected chi connectivity index (χ4v) is 3.43. The maximum absolute atomic E-state index is 12.4. The highest BCUT2D eigenvalue weighted by Crippen LogP contribution is 2.28. The molecule has 0 amide bonds. The molecule has 0 aliphatic carbocycles. The lowest BCUT2D eigenvalue weighted by molar-refractivity contribution is -0.368. The maximum atomic E-state index is 12.4. The van der Waals surface area contributed by atoms with Gasteiger partial charge >= 0.3 is 0 Å². The highest BCUT2D eigenvalue weighted by molar-refractivity contribution is 7.91. The Balaban J connectivity index is 2.44. The Labute approximate surface area is 110 Å². The Morgan fingerprint density at radius 1 is 1.22 bits per heavy atom. The van der Waals surface area contributed by atoms with E-state index in [-0.39, 0.29) is 11.4 Å². The van der Waals surface area contributed by atoms with Crippen molar-refractivity contribution in [3.63, 3.8) is 0 Å². The molecule has 0 unspecified atom stereocenters. The minimum absolute atomic E-state index is 0.207. The molecule has 0 spiro atoms. The molecule has 0 saturated heterocycles. The summed E-state index contributed by atoms with van der Waals surface area (Å²) in [6, 6.07) is 9.39. The van der Waals surface area contributed by atoms with Crippen LogP contribution in [0.3, 0.4) is 0 Å². The van der Waals surface area contributed by atoms with Crippen LogP contribution in [0.15, 0.2) is 52.0 Å². The van der Waals surface area contributed by atoms with Gasteiger partial charge in [0.1, 0.15) is 5.76 Å². The smallest absolute Gasteiger partial charge is 0.194 e. The van der Waals surface area contributed by atoms with Crippen LogP contribution in [0.1, 0.15) is 11.0 Å². The molecule has 0 aliphatic heterocycles. The monoisotopic (exact) mass is 286 g/mol. The Hall–Kier alpha value is -1.30. The number of benzene rings is 1. The molecule has 18 heavy (non-hydrogen) atoms. The highest BCUT2D eigenvalue weighted by Gasteiger charge is 2.31. The standard InChI is InChI=1S/C12H12ClNO3S/c13-9-3-5-10(6-4-9)18(15,16)12(8-14)11-2-1-7-17-11/h1-7,12H,8,14H2/p+1/t12-/m0/s1. The van der Waals surface area contributed by atoms with Crippen molar-refractivity contribution in [1.82, 2.24) is 0 Å². The third-order valence-electron chi connectivity index (χ3n) is 2.64. The molecule has 4 nitrogen and oxygen atoms in total. The molecule has 1 atom stereocenters. The third kappa shape index (κ3) is 2.43. The zero-order chi connectivity index (χ0) is 13.2.